The van der Waals surface area contributed by atoms with Crippen LogP contribution < -0.4 is 0 Å². The van der Waals surface area contributed by atoms with Crippen molar-refractivity contribution >= 4 is 29.3 Å². The summed E-state index contributed by atoms with van der Waals surface area (Å²) in [6.45, 7) is 29.5. The van der Waals surface area contributed by atoms with E-state index in [4.69, 9.17) is 9.97 Å². The maximum atomic E-state index is 12.3. The molecule has 65 heavy (non-hydrogen) atoms. The monoisotopic (exact) mass is 1150 g/mol. The molecule has 0 aliphatic carbocycles. The Hall–Kier alpha value is -4.58. The molecule has 0 aliphatic heterocycles. The van der Waals surface area contributed by atoms with Gasteiger partial charge in [-0.15, -0.1) is 0 Å². The first-order valence-electron chi connectivity index (χ1n) is 22.8. The summed E-state index contributed by atoms with van der Waals surface area (Å²) in [6, 6.07) is 48.0. The van der Waals surface area contributed by atoms with Gasteiger partial charge < -0.3 is 0 Å². The van der Waals surface area contributed by atoms with E-state index < -0.39 is 20.4 Å². The van der Waals surface area contributed by atoms with Crippen LogP contribution >= 0.6 is 0 Å². The molecule has 0 saturated carbocycles. The Bertz CT molecular complexity index is 2970. The maximum absolute atomic E-state index is 12.3. The van der Waals surface area contributed by atoms with Crippen LogP contribution in [0.25, 0.3) is 74.0 Å². The number of hydrogen-bond donors (Lipinski definition) is 1. The predicted molar refractivity (Wildman–Crippen MR) is 274 cm³/mol. The Kier molecular flexibility index (Phi) is 13.8. The molecule has 2 aromatic heterocycles. The van der Waals surface area contributed by atoms with Crippen molar-refractivity contribution in [3.63, 3.8) is 0 Å². The standard InChI is InChI=1S/C60H63N2OTe.Pt/c1-36(2)48-31-41(39-22-18-15-19-23-39)32-49(37(3)4)53(48)47-25-24-46(54-56(47)64-57(62-54)50-34-45(59(8,9)10)35-51(55(50)63)60(11,12)13)42-28-43(30-44(29-42)58(5,6)7)52-33-40(26-27-61-52)38-20-16-14-17-21-38;/h14-27,29-37,63H,1-13H3;/q-1;. The third kappa shape index (κ3) is 9.93. The van der Waals surface area contributed by atoms with Crippen molar-refractivity contribution in [1.82, 2.24) is 9.97 Å². The maximum Gasteiger partial charge on any atom is 0 e. The van der Waals surface area contributed by atoms with Gasteiger partial charge >= 0.3 is 389 Å². The molecule has 0 bridgehead atoms. The van der Waals surface area contributed by atoms with Crippen molar-refractivity contribution in [1.29, 1.82) is 0 Å². The number of fused-ring (bicyclic) bond motifs is 1. The van der Waals surface area contributed by atoms with Crippen molar-refractivity contribution in [2.45, 2.75) is 118 Å². The smallest absolute Gasteiger partial charge is 0 e. The summed E-state index contributed by atoms with van der Waals surface area (Å²) in [4.78, 5) is 10.7. The van der Waals surface area contributed by atoms with E-state index in [1.807, 2.05) is 6.20 Å². The van der Waals surface area contributed by atoms with Gasteiger partial charge in [0.15, 0.2) is 0 Å². The van der Waals surface area contributed by atoms with Crippen molar-refractivity contribution in [2.75, 3.05) is 0 Å². The summed E-state index contributed by atoms with van der Waals surface area (Å²) in [5.41, 5.74) is 18.7. The molecule has 0 atom stereocenters. The second kappa shape index (κ2) is 18.6. The SMILES string of the molecule is CC(C)c1cc(-c2ccccc2)cc(C(C)C)c1-c1ccc(-c2[c-]c(-c3cc(-c4ccccc4)ccn3)cc(C(C)(C)C)c2)c2nc(-c3cc(C(C)(C)C)cc(C(C)(C)C)c3O)[te]c12.[Pt]. The summed E-state index contributed by atoms with van der Waals surface area (Å²) < 4.78 is 2.33. The molecule has 0 spiro atoms. The fraction of sp³-hybridized carbons (Fsp3) is 0.300. The minimum atomic E-state index is -1.13. The van der Waals surface area contributed by atoms with Crippen molar-refractivity contribution in [2.24, 2.45) is 0 Å². The average Bonchev–Trinajstić information content (AvgIpc) is 3.70. The number of pyridine rings is 1. The van der Waals surface area contributed by atoms with Crippen LogP contribution in [0.2, 0.25) is 0 Å². The Morgan fingerprint density at radius 1 is 0.538 bits per heavy atom. The summed E-state index contributed by atoms with van der Waals surface area (Å²) in [7, 11) is 0. The molecule has 1 N–H and O–H groups in total. The van der Waals surface area contributed by atoms with Gasteiger partial charge in [-0.1, -0.05) is 6.07 Å². The Morgan fingerprint density at radius 2 is 1.08 bits per heavy atom. The number of phenols is 1. The van der Waals surface area contributed by atoms with Crippen molar-refractivity contribution in [3.8, 4) is 70.8 Å². The second-order valence-corrected chi connectivity index (χ2v) is 24.1. The summed E-state index contributed by atoms with van der Waals surface area (Å²) >= 11 is -1.13. The zero-order valence-corrected chi connectivity index (χ0v) is 44.9. The van der Waals surface area contributed by atoms with Crippen molar-refractivity contribution < 1.29 is 26.2 Å². The fourth-order valence-corrected chi connectivity index (χ4v) is 11.9. The van der Waals surface area contributed by atoms with Crippen LogP contribution in [0, 0.1) is 6.07 Å². The van der Waals surface area contributed by atoms with Gasteiger partial charge in [0.2, 0.25) is 0 Å². The number of nitrogens with zero attached hydrogens (tertiary/aromatic N) is 2. The van der Waals surface area contributed by atoms with Gasteiger partial charge in [-0.05, 0) is 0 Å². The van der Waals surface area contributed by atoms with Crippen LogP contribution in [0.3, 0.4) is 0 Å². The van der Waals surface area contributed by atoms with Gasteiger partial charge in [0.05, 0.1) is 0 Å². The van der Waals surface area contributed by atoms with E-state index in [-0.39, 0.29) is 49.1 Å². The minimum Gasteiger partial charge on any atom is 0 e. The third-order valence-corrected chi connectivity index (χ3v) is 15.7. The Balaban J connectivity index is 0.00000630. The Morgan fingerprint density at radius 3 is 1.63 bits per heavy atom. The normalized spacial score (nSPS) is 12.3. The molecule has 336 valence electrons. The van der Waals surface area contributed by atoms with E-state index >= 15 is 0 Å². The molecule has 5 heteroatoms. The van der Waals surface area contributed by atoms with Gasteiger partial charge in [-0.2, -0.15) is 0 Å². The van der Waals surface area contributed by atoms with E-state index in [0.29, 0.717) is 5.75 Å². The van der Waals surface area contributed by atoms with E-state index in [1.54, 1.807) is 0 Å². The number of hydrogen-bond acceptors (Lipinski definition) is 3. The van der Waals surface area contributed by atoms with Crippen LogP contribution in [0.15, 0.2) is 128 Å². The van der Waals surface area contributed by atoms with Crippen LogP contribution in [0.4, 0.5) is 0 Å². The zero-order valence-electron chi connectivity index (χ0n) is 40.3. The number of benzene rings is 6. The zero-order chi connectivity index (χ0) is 45.9. The quantitative estimate of drug-likeness (QED) is 0.122. The molecule has 0 unspecified atom stereocenters. The van der Waals surface area contributed by atoms with Gasteiger partial charge in [0.1, 0.15) is 0 Å². The molecule has 0 fully saturated rings. The molecule has 0 aliphatic rings. The third-order valence-electron chi connectivity index (χ3n) is 12.5. The van der Waals surface area contributed by atoms with Gasteiger partial charge in [-0.3, -0.25) is 0 Å². The van der Waals surface area contributed by atoms with E-state index in [1.165, 1.54) is 47.9 Å². The number of aromatic nitrogens is 2. The van der Waals surface area contributed by atoms with Crippen LogP contribution in [-0.2, 0) is 37.3 Å². The van der Waals surface area contributed by atoms with Gasteiger partial charge in [0, 0.05) is 21.1 Å². The van der Waals surface area contributed by atoms with Gasteiger partial charge in [0.25, 0.3) is 0 Å². The molecule has 2 heterocycles. The second-order valence-electron chi connectivity index (χ2n) is 21.2. The molecule has 0 amide bonds. The number of rotatable bonds is 8. The van der Waals surface area contributed by atoms with Crippen molar-refractivity contribution in [3.05, 3.63) is 161 Å². The van der Waals surface area contributed by atoms with Crippen LogP contribution in [-0.4, -0.2) is 35.5 Å². The molecule has 0 radical (unpaired) electrons. The minimum absolute atomic E-state index is 0. The first-order chi connectivity index (χ1) is 30.2. The topological polar surface area (TPSA) is 46.0 Å². The molecule has 6 aromatic carbocycles. The van der Waals surface area contributed by atoms with E-state index in [9.17, 15) is 5.11 Å². The summed E-state index contributed by atoms with van der Waals surface area (Å²) in [5.74, 6) is 0.926. The molecule has 3 nitrogen and oxygen atoms in total. The molecule has 8 rings (SSSR count). The first-order valence-corrected chi connectivity index (χ1v) is 25.2. The first kappa shape index (κ1) is 48.4. The predicted octanol–water partition coefficient (Wildman–Crippen LogP) is 16.3. The molecular weight excluding hydrogens is 1090 g/mol. The fourth-order valence-electron chi connectivity index (χ4n) is 8.72. The largest absolute Gasteiger partial charge is 0 e. The average molecular weight is 1150 g/mol. The Labute approximate surface area is 412 Å². The number of aromatic hydroxyl groups is 1. The number of phenolic OH excluding ortho intramolecular Hbond substituents is 1. The molecule has 0 saturated heterocycles. The van der Waals surface area contributed by atoms with E-state index in [2.05, 4.69) is 217 Å². The summed E-state index contributed by atoms with van der Waals surface area (Å²) in [6.07, 6.45) is 1.91. The van der Waals surface area contributed by atoms with Gasteiger partial charge in [-0.25, -0.2) is 0 Å². The van der Waals surface area contributed by atoms with Crippen LogP contribution in [0.5, 0.6) is 5.75 Å². The summed E-state index contributed by atoms with van der Waals surface area (Å²) in [5, 5.41) is 12.3. The molecule has 8 aromatic rings. The van der Waals surface area contributed by atoms with Crippen LogP contribution in [0.1, 0.15) is 130 Å². The molecular formula is C60H63N2OPtTe-. The van der Waals surface area contributed by atoms with E-state index in [0.717, 1.165) is 53.9 Å².